The summed E-state index contributed by atoms with van der Waals surface area (Å²) in [7, 11) is 0. The first-order valence-corrected chi connectivity index (χ1v) is 10.4. The monoisotopic (exact) mass is 434 g/mol. The van der Waals surface area contributed by atoms with Crippen molar-refractivity contribution >= 4 is 41.1 Å². The molecular weight excluding hydrogens is 411 g/mol. The number of carbonyl (C=O) groups is 2. The predicted octanol–water partition coefficient (Wildman–Crippen LogP) is 3.64. The Bertz CT molecular complexity index is 914. The molecule has 0 radical (unpaired) electrons. The van der Waals surface area contributed by atoms with E-state index in [1.165, 1.54) is 6.08 Å². The van der Waals surface area contributed by atoms with Gasteiger partial charge in [-0.1, -0.05) is 42.3 Å². The third-order valence-electron chi connectivity index (χ3n) is 4.99. The van der Waals surface area contributed by atoms with Crippen LogP contribution in [0.15, 0.2) is 30.3 Å². The Kier molecular flexibility index (Phi) is 6.98. The molecule has 6 nitrogen and oxygen atoms in total. The average Bonchev–Trinajstić information content (AvgIpc) is 3.00. The highest BCUT2D eigenvalue weighted by Gasteiger charge is 2.22. The van der Waals surface area contributed by atoms with Crippen molar-refractivity contribution in [2.24, 2.45) is 0 Å². The highest BCUT2D eigenvalue weighted by molar-refractivity contribution is 6.31. The molecule has 2 amide bonds. The first-order valence-electron chi connectivity index (χ1n) is 9.61. The van der Waals surface area contributed by atoms with Crippen LogP contribution in [0.25, 0.3) is 6.08 Å². The Balaban J connectivity index is 1.64. The Morgan fingerprint density at radius 2 is 1.69 bits per heavy atom. The number of rotatable bonds is 5. The summed E-state index contributed by atoms with van der Waals surface area (Å²) in [5.41, 5.74) is 2.52. The second-order valence-electron chi connectivity index (χ2n) is 6.97. The lowest BCUT2D eigenvalue weighted by Crippen LogP contribution is -2.50. The van der Waals surface area contributed by atoms with E-state index in [1.807, 2.05) is 38.1 Å². The molecule has 8 heteroatoms. The van der Waals surface area contributed by atoms with Gasteiger partial charge in [0.15, 0.2) is 0 Å². The minimum atomic E-state index is -0.0884. The Hall–Kier alpha value is -2.31. The van der Waals surface area contributed by atoms with Gasteiger partial charge in [-0.25, -0.2) is 4.68 Å². The molecule has 0 N–H and O–H groups in total. The normalized spacial score (nSPS) is 14.6. The van der Waals surface area contributed by atoms with Crippen LogP contribution >= 0.6 is 23.2 Å². The summed E-state index contributed by atoms with van der Waals surface area (Å²) in [6, 6.07) is 7.51. The van der Waals surface area contributed by atoms with Gasteiger partial charge in [0.05, 0.1) is 12.2 Å². The zero-order chi connectivity index (χ0) is 21.0. The van der Waals surface area contributed by atoms with Crippen molar-refractivity contribution in [3.05, 3.63) is 57.3 Å². The van der Waals surface area contributed by atoms with Crippen LogP contribution in [-0.2, 0) is 16.1 Å². The maximum absolute atomic E-state index is 12.5. The molecule has 1 saturated heterocycles. The van der Waals surface area contributed by atoms with Crippen LogP contribution in [0.5, 0.6) is 0 Å². The van der Waals surface area contributed by atoms with E-state index in [-0.39, 0.29) is 11.8 Å². The number of aryl methyl sites for hydroxylation is 1. The van der Waals surface area contributed by atoms with Crippen LogP contribution in [-0.4, -0.2) is 57.6 Å². The molecule has 2 heterocycles. The maximum atomic E-state index is 12.5. The topological polar surface area (TPSA) is 58.4 Å². The molecule has 0 spiro atoms. The van der Waals surface area contributed by atoms with Gasteiger partial charge in [0, 0.05) is 49.3 Å². The summed E-state index contributed by atoms with van der Waals surface area (Å²) in [6.45, 7) is 6.46. The molecule has 0 atom stereocenters. The van der Waals surface area contributed by atoms with Gasteiger partial charge < -0.3 is 9.80 Å². The summed E-state index contributed by atoms with van der Waals surface area (Å²) in [4.78, 5) is 27.8. The van der Waals surface area contributed by atoms with Crippen LogP contribution in [0.3, 0.4) is 0 Å². The summed E-state index contributed by atoms with van der Waals surface area (Å²) < 4.78 is 1.71. The van der Waals surface area contributed by atoms with Crippen molar-refractivity contribution in [2.75, 3.05) is 26.2 Å². The molecule has 154 valence electrons. The number of hydrogen-bond donors (Lipinski definition) is 0. The molecule has 1 aliphatic rings. The minimum Gasteiger partial charge on any atom is -0.339 e. The van der Waals surface area contributed by atoms with Gasteiger partial charge in [0.25, 0.3) is 0 Å². The lowest BCUT2D eigenvalue weighted by atomic mass is 10.2. The smallest absolute Gasteiger partial charge is 0.246 e. The Labute approximate surface area is 180 Å². The van der Waals surface area contributed by atoms with E-state index in [9.17, 15) is 9.59 Å². The van der Waals surface area contributed by atoms with Crippen LogP contribution in [0, 0.1) is 6.92 Å². The summed E-state index contributed by atoms with van der Waals surface area (Å²) in [6.07, 6.45) is 3.74. The largest absolute Gasteiger partial charge is 0.339 e. The molecule has 1 aromatic heterocycles. The van der Waals surface area contributed by atoms with E-state index in [1.54, 1.807) is 20.6 Å². The van der Waals surface area contributed by atoms with E-state index < -0.39 is 0 Å². The van der Waals surface area contributed by atoms with Crippen LogP contribution in [0.1, 0.15) is 30.2 Å². The number of halogens is 2. The SMILES string of the molecule is CCC(=O)N1CCN(C(=O)C=Cc2c(C)nn(Cc3ccc(Cl)cc3)c2Cl)CC1. The van der Waals surface area contributed by atoms with Crippen molar-refractivity contribution in [1.82, 2.24) is 19.6 Å². The molecule has 1 fully saturated rings. The third kappa shape index (κ3) is 5.19. The van der Waals surface area contributed by atoms with Crippen molar-refractivity contribution in [3.8, 4) is 0 Å². The maximum Gasteiger partial charge on any atom is 0.246 e. The van der Waals surface area contributed by atoms with Gasteiger partial charge in [0.2, 0.25) is 11.8 Å². The fraction of sp³-hybridized carbons (Fsp3) is 0.381. The highest BCUT2D eigenvalue weighted by atomic mass is 35.5. The van der Waals surface area contributed by atoms with Crippen molar-refractivity contribution in [1.29, 1.82) is 0 Å². The second kappa shape index (κ2) is 9.46. The van der Waals surface area contributed by atoms with Crippen LogP contribution in [0.4, 0.5) is 0 Å². The first-order chi connectivity index (χ1) is 13.9. The van der Waals surface area contributed by atoms with Gasteiger partial charge >= 0.3 is 0 Å². The number of aromatic nitrogens is 2. The molecule has 0 unspecified atom stereocenters. The van der Waals surface area contributed by atoms with Gasteiger partial charge in [0.1, 0.15) is 5.15 Å². The molecular formula is C21H24Cl2N4O2. The van der Waals surface area contributed by atoms with Gasteiger partial charge in [-0.15, -0.1) is 0 Å². The molecule has 0 aliphatic carbocycles. The standard InChI is InChI=1S/C21H24Cl2N4O2/c1-3-19(28)25-10-12-26(13-11-25)20(29)9-8-18-15(2)24-27(21(18)23)14-16-4-6-17(22)7-5-16/h4-9H,3,10-14H2,1-2H3. The second-order valence-corrected chi connectivity index (χ2v) is 7.76. The molecule has 2 aromatic rings. The van der Waals surface area contributed by atoms with Crippen molar-refractivity contribution in [2.45, 2.75) is 26.8 Å². The number of carbonyl (C=O) groups excluding carboxylic acids is 2. The Morgan fingerprint density at radius 1 is 1.07 bits per heavy atom. The molecule has 1 aromatic carbocycles. The highest BCUT2D eigenvalue weighted by Crippen LogP contribution is 2.23. The van der Waals surface area contributed by atoms with Crippen LogP contribution in [0.2, 0.25) is 10.2 Å². The van der Waals surface area contributed by atoms with E-state index in [4.69, 9.17) is 23.2 Å². The lowest BCUT2D eigenvalue weighted by Gasteiger charge is -2.34. The zero-order valence-corrected chi connectivity index (χ0v) is 18.1. The van der Waals surface area contributed by atoms with E-state index in [0.29, 0.717) is 49.3 Å². The number of amides is 2. The van der Waals surface area contributed by atoms with Crippen LogP contribution < -0.4 is 0 Å². The zero-order valence-electron chi connectivity index (χ0n) is 16.6. The quantitative estimate of drug-likeness (QED) is 0.674. The summed E-state index contributed by atoms with van der Waals surface area (Å²) in [5.74, 6) is 0.0395. The van der Waals surface area contributed by atoms with E-state index in [0.717, 1.165) is 16.8 Å². The van der Waals surface area contributed by atoms with E-state index in [2.05, 4.69) is 5.10 Å². The number of piperazine rings is 1. The summed E-state index contributed by atoms with van der Waals surface area (Å²) in [5, 5.41) is 5.65. The number of hydrogen-bond acceptors (Lipinski definition) is 3. The van der Waals surface area contributed by atoms with E-state index >= 15 is 0 Å². The molecule has 0 bridgehead atoms. The third-order valence-corrected chi connectivity index (χ3v) is 5.64. The average molecular weight is 435 g/mol. The lowest BCUT2D eigenvalue weighted by molar-refractivity contribution is -0.136. The van der Waals surface area contributed by atoms with Gasteiger partial charge in [-0.2, -0.15) is 5.10 Å². The Morgan fingerprint density at radius 3 is 2.31 bits per heavy atom. The minimum absolute atomic E-state index is 0.0884. The van der Waals surface area contributed by atoms with Crippen molar-refractivity contribution < 1.29 is 9.59 Å². The number of benzene rings is 1. The predicted molar refractivity (Wildman–Crippen MR) is 115 cm³/mol. The fourth-order valence-electron chi connectivity index (χ4n) is 3.28. The molecule has 1 aliphatic heterocycles. The number of nitrogens with zero attached hydrogens (tertiary/aromatic N) is 4. The summed E-state index contributed by atoms with van der Waals surface area (Å²) >= 11 is 12.4. The molecule has 29 heavy (non-hydrogen) atoms. The van der Waals surface area contributed by atoms with Gasteiger partial charge in [-0.3, -0.25) is 9.59 Å². The molecule has 0 saturated carbocycles. The molecule has 3 rings (SSSR count). The fourth-order valence-corrected chi connectivity index (χ4v) is 3.71. The van der Waals surface area contributed by atoms with Crippen molar-refractivity contribution in [3.63, 3.8) is 0 Å². The first kappa shape index (κ1) is 21.4. The van der Waals surface area contributed by atoms with Gasteiger partial charge in [-0.05, 0) is 30.7 Å².